The zero-order valence-electron chi connectivity index (χ0n) is 12.4. The SMILES string of the molecule is Cc1sc(-c2ccccc2Cl)nc1C(=O)NCc1ccccn1. The molecule has 0 saturated carbocycles. The van der Waals surface area contributed by atoms with Crippen molar-refractivity contribution in [1.82, 2.24) is 15.3 Å². The fourth-order valence-corrected chi connectivity index (χ4v) is 3.35. The van der Waals surface area contributed by atoms with Gasteiger partial charge in [-0.25, -0.2) is 4.98 Å². The van der Waals surface area contributed by atoms with Crippen molar-refractivity contribution in [3.63, 3.8) is 0 Å². The average molecular weight is 344 g/mol. The molecule has 3 aromatic rings. The Labute approximate surface area is 143 Å². The smallest absolute Gasteiger partial charge is 0.271 e. The Balaban J connectivity index is 1.78. The van der Waals surface area contributed by atoms with Crippen molar-refractivity contribution < 1.29 is 4.79 Å². The van der Waals surface area contributed by atoms with Gasteiger partial charge in [0.15, 0.2) is 0 Å². The van der Waals surface area contributed by atoms with Crippen molar-refractivity contribution in [3.05, 3.63) is 69.9 Å². The lowest BCUT2D eigenvalue weighted by molar-refractivity contribution is 0.0945. The molecule has 116 valence electrons. The zero-order valence-corrected chi connectivity index (χ0v) is 14.0. The molecule has 0 spiro atoms. The van der Waals surface area contributed by atoms with Crippen molar-refractivity contribution >= 4 is 28.8 Å². The summed E-state index contributed by atoms with van der Waals surface area (Å²) in [5.41, 5.74) is 2.08. The van der Waals surface area contributed by atoms with Crippen molar-refractivity contribution in [2.24, 2.45) is 0 Å². The number of thiazole rings is 1. The summed E-state index contributed by atoms with van der Waals surface area (Å²) in [5.74, 6) is -0.206. The predicted octanol–water partition coefficient (Wildman–Crippen LogP) is 4.10. The third kappa shape index (κ3) is 3.57. The quantitative estimate of drug-likeness (QED) is 0.776. The predicted molar refractivity (Wildman–Crippen MR) is 92.7 cm³/mol. The Bertz CT molecular complexity index is 833. The van der Waals surface area contributed by atoms with E-state index in [2.05, 4.69) is 15.3 Å². The number of amides is 1. The van der Waals surface area contributed by atoms with E-state index in [1.54, 1.807) is 6.20 Å². The minimum atomic E-state index is -0.206. The molecule has 0 atom stereocenters. The molecule has 0 aliphatic heterocycles. The van der Waals surface area contributed by atoms with Gasteiger partial charge in [0.1, 0.15) is 10.7 Å². The molecule has 23 heavy (non-hydrogen) atoms. The number of halogens is 1. The number of carbonyl (C=O) groups is 1. The number of hydrogen-bond donors (Lipinski definition) is 1. The summed E-state index contributed by atoms with van der Waals surface area (Å²) in [6, 6.07) is 13.1. The topological polar surface area (TPSA) is 54.9 Å². The van der Waals surface area contributed by atoms with Crippen LogP contribution >= 0.6 is 22.9 Å². The molecular formula is C17H14ClN3OS. The minimum Gasteiger partial charge on any atom is -0.345 e. The highest BCUT2D eigenvalue weighted by Gasteiger charge is 2.17. The molecule has 1 amide bonds. The molecule has 1 aromatic carbocycles. The highest BCUT2D eigenvalue weighted by Crippen LogP contribution is 2.32. The first kappa shape index (κ1) is 15.6. The maximum absolute atomic E-state index is 12.3. The fraction of sp³-hybridized carbons (Fsp3) is 0.118. The second kappa shape index (κ2) is 6.89. The van der Waals surface area contributed by atoms with Crippen LogP contribution < -0.4 is 5.32 Å². The Hall–Kier alpha value is -2.24. The van der Waals surface area contributed by atoms with Gasteiger partial charge in [0.05, 0.1) is 17.3 Å². The van der Waals surface area contributed by atoms with Gasteiger partial charge in [0.25, 0.3) is 5.91 Å². The molecule has 4 nitrogen and oxygen atoms in total. The normalized spacial score (nSPS) is 10.5. The molecule has 0 fully saturated rings. The number of aromatic nitrogens is 2. The number of carbonyl (C=O) groups excluding carboxylic acids is 1. The fourth-order valence-electron chi connectivity index (χ4n) is 2.11. The summed E-state index contributed by atoms with van der Waals surface area (Å²) in [7, 11) is 0. The van der Waals surface area contributed by atoms with Crippen LogP contribution in [-0.2, 0) is 6.54 Å². The van der Waals surface area contributed by atoms with E-state index in [4.69, 9.17) is 11.6 Å². The van der Waals surface area contributed by atoms with E-state index < -0.39 is 0 Å². The molecule has 0 aliphatic rings. The van der Waals surface area contributed by atoms with Crippen LogP contribution in [0.4, 0.5) is 0 Å². The first-order valence-corrected chi connectivity index (χ1v) is 8.25. The van der Waals surface area contributed by atoms with Gasteiger partial charge in [-0.05, 0) is 25.1 Å². The number of rotatable bonds is 4. The van der Waals surface area contributed by atoms with Gasteiger partial charge in [-0.3, -0.25) is 9.78 Å². The van der Waals surface area contributed by atoms with Gasteiger partial charge in [0, 0.05) is 16.6 Å². The molecule has 3 rings (SSSR count). The van der Waals surface area contributed by atoms with Crippen molar-refractivity contribution in [1.29, 1.82) is 0 Å². The molecule has 0 radical (unpaired) electrons. The summed E-state index contributed by atoms with van der Waals surface area (Å²) in [5, 5.41) is 4.22. The Morgan fingerprint density at radius 3 is 2.74 bits per heavy atom. The first-order valence-electron chi connectivity index (χ1n) is 7.05. The Kier molecular flexibility index (Phi) is 4.69. The lowest BCUT2D eigenvalue weighted by Gasteiger charge is -2.03. The minimum absolute atomic E-state index is 0.206. The summed E-state index contributed by atoms with van der Waals surface area (Å²) in [6.07, 6.45) is 1.70. The van der Waals surface area contributed by atoms with Gasteiger partial charge in [-0.1, -0.05) is 35.9 Å². The second-order valence-corrected chi connectivity index (χ2v) is 6.52. The Morgan fingerprint density at radius 1 is 1.22 bits per heavy atom. The molecular weight excluding hydrogens is 330 g/mol. The number of benzene rings is 1. The van der Waals surface area contributed by atoms with Crippen molar-refractivity contribution in [3.8, 4) is 10.6 Å². The third-order valence-electron chi connectivity index (χ3n) is 3.27. The van der Waals surface area contributed by atoms with Gasteiger partial charge in [-0.15, -0.1) is 11.3 Å². The van der Waals surface area contributed by atoms with Crippen LogP contribution in [0.15, 0.2) is 48.7 Å². The van der Waals surface area contributed by atoms with Crippen LogP contribution in [0.5, 0.6) is 0 Å². The summed E-state index contributed by atoms with van der Waals surface area (Å²) < 4.78 is 0. The van der Waals surface area contributed by atoms with E-state index in [0.717, 1.165) is 21.1 Å². The van der Waals surface area contributed by atoms with Gasteiger partial charge in [0.2, 0.25) is 0 Å². The van der Waals surface area contributed by atoms with Crippen LogP contribution in [-0.4, -0.2) is 15.9 Å². The maximum atomic E-state index is 12.3. The molecule has 2 heterocycles. The van der Waals surface area contributed by atoms with Crippen LogP contribution in [0, 0.1) is 6.92 Å². The van der Waals surface area contributed by atoms with Gasteiger partial charge in [-0.2, -0.15) is 0 Å². The van der Waals surface area contributed by atoms with Crippen LogP contribution in [0.1, 0.15) is 21.1 Å². The molecule has 0 unspecified atom stereocenters. The highest BCUT2D eigenvalue weighted by molar-refractivity contribution is 7.15. The molecule has 0 bridgehead atoms. The maximum Gasteiger partial charge on any atom is 0.271 e. The Morgan fingerprint density at radius 2 is 2.00 bits per heavy atom. The van der Waals surface area contributed by atoms with E-state index >= 15 is 0 Å². The number of nitrogens with zero attached hydrogens (tertiary/aromatic N) is 2. The van der Waals surface area contributed by atoms with E-state index in [9.17, 15) is 4.79 Å². The largest absolute Gasteiger partial charge is 0.345 e. The standard InChI is InChI=1S/C17H14ClN3OS/c1-11-15(16(22)20-10-12-6-4-5-9-19-12)21-17(23-11)13-7-2-3-8-14(13)18/h2-9H,10H2,1H3,(H,20,22). The van der Waals surface area contributed by atoms with Crippen molar-refractivity contribution in [2.45, 2.75) is 13.5 Å². The lowest BCUT2D eigenvalue weighted by Crippen LogP contribution is -2.24. The molecule has 0 aliphatic carbocycles. The number of nitrogens with one attached hydrogen (secondary N) is 1. The summed E-state index contributed by atoms with van der Waals surface area (Å²) in [6.45, 7) is 2.26. The molecule has 6 heteroatoms. The van der Waals surface area contributed by atoms with E-state index in [-0.39, 0.29) is 5.91 Å². The van der Waals surface area contributed by atoms with E-state index in [0.29, 0.717) is 17.3 Å². The molecule has 1 N–H and O–H groups in total. The van der Waals surface area contributed by atoms with E-state index in [1.807, 2.05) is 49.4 Å². The van der Waals surface area contributed by atoms with Gasteiger partial charge >= 0.3 is 0 Å². The van der Waals surface area contributed by atoms with Gasteiger partial charge < -0.3 is 5.32 Å². The summed E-state index contributed by atoms with van der Waals surface area (Å²) >= 11 is 7.66. The molecule has 0 saturated heterocycles. The number of aryl methyl sites for hydroxylation is 1. The average Bonchev–Trinajstić information content (AvgIpc) is 2.96. The number of hydrogen-bond acceptors (Lipinski definition) is 4. The third-order valence-corrected chi connectivity index (χ3v) is 4.61. The highest BCUT2D eigenvalue weighted by atomic mass is 35.5. The van der Waals surface area contributed by atoms with E-state index in [1.165, 1.54) is 11.3 Å². The summed E-state index contributed by atoms with van der Waals surface area (Å²) in [4.78, 5) is 21.8. The number of pyridine rings is 1. The second-order valence-electron chi connectivity index (χ2n) is 4.91. The lowest BCUT2D eigenvalue weighted by atomic mass is 10.2. The van der Waals surface area contributed by atoms with Crippen LogP contribution in [0.25, 0.3) is 10.6 Å². The first-order chi connectivity index (χ1) is 11.1. The van der Waals surface area contributed by atoms with Crippen molar-refractivity contribution in [2.75, 3.05) is 0 Å². The van der Waals surface area contributed by atoms with Crippen LogP contribution in [0.2, 0.25) is 5.02 Å². The van der Waals surface area contributed by atoms with Crippen LogP contribution in [0.3, 0.4) is 0 Å². The zero-order chi connectivity index (χ0) is 16.2. The monoisotopic (exact) mass is 343 g/mol. The molecule has 2 aromatic heterocycles.